The minimum absolute atomic E-state index is 0.145. The molecule has 0 aliphatic rings. The average molecular weight is 200 g/mol. The molecule has 0 aliphatic heterocycles. The molecule has 0 aromatic heterocycles. The second kappa shape index (κ2) is 5.38. The van der Waals surface area contributed by atoms with Crippen molar-refractivity contribution in [3.63, 3.8) is 0 Å². The van der Waals surface area contributed by atoms with Gasteiger partial charge in [-0.1, -0.05) is 47.5 Å². The molecule has 0 aromatic carbocycles. The standard InChI is InChI=1S/C12H24O2/c1-6-9(3)10(11(13)14)8-12(4,5)7-2/h9-10H,6-8H2,1-5H3,(H,13,14). The molecule has 0 aromatic rings. The van der Waals surface area contributed by atoms with Gasteiger partial charge in [0, 0.05) is 0 Å². The van der Waals surface area contributed by atoms with Crippen LogP contribution in [0.3, 0.4) is 0 Å². The quantitative estimate of drug-likeness (QED) is 0.711. The lowest BCUT2D eigenvalue weighted by molar-refractivity contribution is -0.144. The Morgan fingerprint density at radius 3 is 2.14 bits per heavy atom. The summed E-state index contributed by atoms with van der Waals surface area (Å²) in [6.07, 6.45) is 2.76. The minimum Gasteiger partial charge on any atom is -0.481 e. The van der Waals surface area contributed by atoms with E-state index < -0.39 is 5.97 Å². The number of aliphatic carboxylic acids is 1. The van der Waals surface area contributed by atoms with Gasteiger partial charge in [-0.05, 0) is 17.8 Å². The average Bonchev–Trinajstić information content (AvgIpc) is 2.13. The molecule has 2 nitrogen and oxygen atoms in total. The van der Waals surface area contributed by atoms with Crippen LogP contribution in [0.25, 0.3) is 0 Å². The molecule has 2 atom stereocenters. The van der Waals surface area contributed by atoms with Gasteiger partial charge in [-0.2, -0.15) is 0 Å². The Labute approximate surface area is 87.7 Å². The highest BCUT2D eigenvalue weighted by atomic mass is 16.4. The van der Waals surface area contributed by atoms with Crippen molar-refractivity contribution in [1.82, 2.24) is 0 Å². The van der Waals surface area contributed by atoms with Gasteiger partial charge in [0.2, 0.25) is 0 Å². The summed E-state index contributed by atoms with van der Waals surface area (Å²) < 4.78 is 0. The maximum Gasteiger partial charge on any atom is 0.306 e. The van der Waals surface area contributed by atoms with Crippen LogP contribution in [-0.2, 0) is 4.79 Å². The summed E-state index contributed by atoms with van der Waals surface area (Å²) in [6.45, 7) is 10.5. The third kappa shape index (κ3) is 4.12. The predicted molar refractivity (Wildman–Crippen MR) is 59.3 cm³/mol. The highest BCUT2D eigenvalue weighted by Crippen LogP contribution is 2.33. The third-order valence-corrected chi connectivity index (χ3v) is 3.38. The summed E-state index contributed by atoms with van der Waals surface area (Å²) in [5, 5.41) is 9.13. The van der Waals surface area contributed by atoms with Crippen molar-refractivity contribution in [2.75, 3.05) is 0 Å². The van der Waals surface area contributed by atoms with Gasteiger partial charge >= 0.3 is 5.97 Å². The molecule has 84 valence electrons. The van der Waals surface area contributed by atoms with E-state index >= 15 is 0 Å². The van der Waals surface area contributed by atoms with E-state index in [1.54, 1.807) is 0 Å². The van der Waals surface area contributed by atoms with Crippen LogP contribution in [0.15, 0.2) is 0 Å². The Kier molecular flexibility index (Phi) is 5.17. The minimum atomic E-state index is -0.638. The molecule has 0 saturated heterocycles. The predicted octanol–water partition coefficient (Wildman–Crippen LogP) is 3.56. The fraction of sp³-hybridized carbons (Fsp3) is 0.917. The normalized spacial score (nSPS) is 16.4. The molecule has 2 unspecified atom stereocenters. The Morgan fingerprint density at radius 2 is 1.86 bits per heavy atom. The van der Waals surface area contributed by atoms with Crippen LogP contribution < -0.4 is 0 Å². The second-order valence-corrected chi connectivity index (χ2v) is 5.05. The number of rotatable bonds is 6. The van der Waals surface area contributed by atoms with Crippen LogP contribution in [0.1, 0.15) is 53.9 Å². The van der Waals surface area contributed by atoms with Gasteiger partial charge in [0.1, 0.15) is 0 Å². The molecular formula is C12H24O2. The summed E-state index contributed by atoms with van der Waals surface area (Å²) in [7, 11) is 0. The van der Waals surface area contributed by atoms with Crippen LogP contribution in [0.2, 0.25) is 0 Å². The number of carbonyl (C=O) groups is 1. The lowest BCUT2D eigenvalue weighted by Crippen LogP contribution is -2.27. The molecular weight excluding hydrogens is 176 g/mol. The summed E-state index contributed by atoms with van der Waals surface area (Å²) in [4.78, 5) is 11.1. The lowest BCUT2D eigenvalue weighted by atomic mass is 9.76. The molecule has 0 rings (SSSR count). The third-order valence-electron chi connectivity index (χ3n) is 3.38. The van der Waals surface area contributed by atoms with Crippen LogP contribution in [0.5, 0.6) is 0 Å². The Bertz CT molecular complexity index is 185. The van der Waals surface area contributed by atoms with Crippen molar-refractivity contribution >= 4 is 5.97 Å². The number of hydrogen-bond donors (Lipinski definition) is 1. The highest BCUT2D eigenvalue weighted by Gasteiger charge is 2.29. The molecule has 0 aliphatic carbocycles. The second-order valence-electron chi connectivity index (χ2n) is 5.05. The molecule has 14 heavy (non-hydrogen) atoms. The topological polar surface area (TPSA) is 37.3 Å². The zero-order valence-electron chi connectivity index (χ0n) is 10.1. The number of carboxylic acids is 1. The SMILES string of the molecule is CCC(C)C(CC(C)(C)CC)C(=O)O. The van der Waals surface area contributed by atoms with Crippen LogP contribution in [0.4, 0.5) is 0 Å². The molecule has 2 heteroatoms. The van der Waals surface area contributed by atoms with E-state index in [9.17, 15) is 4.79 Å². The van der Waals surface area contributed by atoms with E-state index in [4.69, 9.17) is 5.11 Å². The Morgan fingerprint density at radius 1 is 1.36 bits per heavy atom. The molecule has 0 saturated carbocycles. The zero-order valence-corrected chi connectivity index (χ0v) is 10.1. The van der Waals surface area contributed by atoms with Crippen molar-refractivity contribution < 1.29 is 9.90 Å². The van der Waals surface area contributed by atoms with Gasteiger partial charge in [-0.15, -0.1) is 0 Å². The largest absolute Gasteiger partial charge is 0.481 e. The Hall–Kier alpha value is -0.530. The summed E-state index contributed by atoms with van der Waals surface area (Å²) in [5.74, 6) is -0.547. The van der Waals surface area contributed by atoms with Crippen molar-refractivity contribution in [2.24, 2.45) is 17.3 Å². The van der Waals surface area contributed by atoms with E-state index in [0.29, 0.717) is 0 Å². The van der Waals surface area contributed by atoms with Gasteiger partial charge in [-0.3, -0.25) is 4.79 Å². The molecule has 0 radical (unpaired) electrons. The van der Waals surface area contributed by atoms with Gasteiger partial charge in [-0.25, -0.2) is 0 Å². The van der Waals surface area contributed by atoms with Gasteiger partial charge in [0.05, 0.1) is 5.92 Å². The van der Waals surface area contributed by atoms with Crippen molar-refractivity contribution in [1.29, 1.82) is 0 Å². The van der Waals surface area contributed by atoms with Crippen LogP contribution in [-0.4, -0.2) is 11.1 Å². The van der Waals surface area contributed by atoms with Gasteiger partial charge < -0.3 is 5.11 Å². The van der Waals surface area contributed by atoms with Crippen LogP contribution in [0, 0.1) is 17.3 Å². The van der Waals surface area contributed by atoms with E-state index in [-0.39, 0.29) is 17.3 Å². The first-order valence-electron chi connectivity index (χ1n) is 5.56. The number of carboxylic acid groups (broad SMARTS) is 1. The zero-order chi connectivity index (χ0) is 11.4. The fourth-order valence-electron chi connectivity index (χ4n) is 1.56. The maximum atomic E-state index is 11.1. The molecule has 0 fully saturated rings. The fourth-order valence-corrected chi connectivity index (χ4v) is 1.56. The molecule has 0 heterocycles. The van der Waals surface area contributed by atoms with Crippen molar-refractivity contribution in [3.05, 3.63) is 0 Å². The van der Waals surface area contributed by atoms with E-state index in [1.807, 2.05) is 6.92 Å². The maximum absolute atomic E-state index is 11.1. The first-order valence-corrected chi connectivity index (χ1v) is 5.56. The first kappa shape index (κ1) is 13.5. The van der Waals surface area contributed by atoms with Crippen molar-refractivity contribution in [3.8, 4) is 0 Å². The molecule has 0 spiro atoms. The van der Waals surface area contributed by atoms with E-state index in [1.165, 1.54) is 0 Å². The van der Waals surface area contributed by atoms with Gasteiger partial charge in [0.15, 0.2) is 0 Å². The molecule has 1 N–H and O–H groups in total. The summed E-state index contributed by atoms with van der Waals surface area (Å²) in [6, 6.07) is 0. The lowest BCUT2D eigenvalue weighted by Gasteiger charge is -2.29. The van der Waals surface area contributed by atoms with E-state index in [2.05, 4.69) is 27.7 Å². The number of hydrogen-bond acceptors (Lipinski definition) is 1. The Balaban J connectivity index is 4.45. The summed E-state index contributed by atoms with van der Waals surface area (Å²) in [5.41, 5.74) is 0.145. The molecule has 0 bridgehead atoms. The monoisotopic (exact) mass is 200 g/mol. The molecule has 0 amide bonds. The highest BCUT2D eigenvalue weighted by molar-refractivity contribution is 5.70. The van der Waals surface area contributed by atoms with Crippen LogP contribution >= 0.6 is 0 Å². The van der Waals surface area contributed by atoms with Gasteiger partial charge in [0.25, 0.3) is 0 Å². The van der Waals surface area contributed by atoms with Crippen molar-refractivity contribution in [2.45, 2.75) is 53.9 Å². The summed E-state index contributed by atoms with van der Waals surface area (Å²) >= 11 is 0. The smallest absolute Gasteiger partial charge is 0.306 e. The van der Waals surface area contributed by atoms with E-state index in [0.717, 1.165) is 19.3 Å². The first-order chi connectivity index (χ1) is 6.34.